The van der Waals surface area contributed by atoms with E-state index in [1.807, 2.05) is 0 Å². The van der Waals surface area contributed by atoms with Crippen molar-refractivity contribution >= 4 is 34.8 Å². The average Bonchev–Trinajstić information content (AvgIpc) is 2.33. The van der Waals surface area contributed by atoms with E-state index in [9.17, 15) is 18.0 Å². The summed E-state index contributed by atoms with van der Waals surface area (Å²) in [5.41, 5.74) is -2.84. The standard InChI is InChI=1S/C12H5Cl3F3NO/c13-6-3-5(4-7(14)10(6)15)11-9(12(16,17)18)8(20)1-2-19-11/h1-4H,(H,19,20). The summed E-state index contributed by atoms with van der Waals surface area (Å²) in [5, 5.41) is 0.0166. The molecule has 0 aliphatic rings. The normalized spacial score (nSPS) is 11.7. The number of hydrogen-bond donors (Lipinski definition) is 1. The second kappa shape index (κ2) is 5.31. The third kappa shape index (κ3) is 2.80. The Morgan fingerprint density at radius 2 is 1.60 bits per heavy atom. The number of hydrogen-bond acceptors (Lipinski definition) is 1. The lowest BCUT2D eigenvalue weighted by Gasteiger charge is -2.12. The highest BCUT2D eigenvalue weighted by molar-refractivity contribution is 6.48. The van der Waals surface area contributed by atoms with Gasteiger partial charge < -0.3 is 4.98 Å². The highest BCUT2D eigenvalue weighted by atomic mass is 35.5. The van der Waals surface area contributed by atoms with Gasteiger partial charge in [0.05, 0.1) is 20.8 Å². The number of benzene rings is 1. The molecule has 1 aromatic carbocycles. The van der Waals surface area contributed by atoms with Crippen LogP contribution in [0.4, 0.5) is 13.2 Å². The Morgan fingerprint density at radius 1 is 1.05 bits per heavy atom. The van der Waals surface area contributed by atoms with Crippen molar-refractivity contribution in [2.45, 2.75) is 6.18 Å². The first-order valence-electron chi connectivity index (χ1n) is 5.15. The highest BCUT2D eigenvalue weighted by Crippen LogP contribution is 2.38. The van der Waals surface area contributed by atoms with Crippen LogP contribution in [0, 0.1) is 0 Å². The second-order valence-corrected chi connectivity index (χ2v) is 5.04. The van der Waals surface area contributed by atoms with Crippen LogP contribution in [0.3, 0.4) is 0 Å². The molecule has 8 heteroatoms. The molecule has 0 unspecified atom stereocenters. The van der Waals surface area contributed by atoms with E-state index in [0.717, 1.165) is 12.3 Å². The van der Waals surface area contributed by atoms with Gasteiger partial charge in [0, 0.05) is 17.8 Å². The van der Waals surface area contributed by atoms with Gasteiger partial charge in [-0.3, -0.25) is 4.79 Å². The molecule has 0 atom stereocenters. The van der Waals surface area contributed by atoms with Gasteiger partial charge in [-0.2, -0.15) is 13.2 Å². The summed E-state index contributed by atoms with van der Waals surface area (Å²) in [7, 11) is 0. The first-order valence-corrected chi connectivity index (χ1v) is 6.29. The molecule has 0 amide bonds. The molecule has 0 saturated carbocycles. The smallest absolute Gasteiger partial charge is 0.360 e. The minimum absolute atomic E-state index is 0.00741. The summed E-state index contributed by atoms with van der Waals surface area (Å²) in [4.78, 5) is 13.9. The molecule has 20 heavy (non-hydrogen) atoms. The predicted octanol–water partition coefficient (Wildman–Crippen LogP) is 5.02. The Labute approximate surface area is 126 Å². The van der Waals surface area contributed by atoms with Crippen molar-refractivity contribution in [1.82, 2.24) is 4.98 Å². The molecule has 2 rings (SSSR count). The zero-order chi connectivity index (χ0) is 15.1. The molecule has 0 fully saturated rings. The quantitative estimate of drug-likeness (QED) is 0.725. The Hall–Kier alpha value is -1.17. The maximum atomic E-state index is 13.0. The van der Waals surface area contributed by atoms with Crippen LogP contribution in [0.15, 0.2) is 29.2 Å². The molecule has 1 N–H and O–H groups in total. The molecular formula is C12H5Cl3F3NO. The molecule has 0 bridgehead atoms. The Kier molecular flexibility index (Phi) is 4.04. The van der Waals surface area contributed by atoms with E-state index in [1.54, 1.807) is 0 Å². The zero-order valence-electron chi connectivity index (χ0n) is 9.49. The number of pyridine rings is 1. The molecule has 1 heterocycles. The minimum Gasteiger partial charge on any atom is -0.360 e. The molecule has 0 spiro atoms. The van der Waals surface area contributed by atoms with Crippen LogP contribution in [0.5, 0.6) is 0 Å². The summed E-state index contributed by atoms with van der Waals surface area (Å²) < 4.78 is 38.9. The van der Waals surface area contributed by atoms with Gasteiger partial charge in [0.1, 0.15) is 5.56 Å². The van der Waals surface area contributed by atoms with Crippen LogP contribution in [0.25, 0.3) is 11.3 Å². The molecule has 1 aromatic heterocycles. The monoisotopic (exact) mass is 341 g/mol. The van der Waals surface area contributed by atoms with Crippen LogP contribution in [0.1, 0.15) is 5.56 Å². The lowest BCUT2D eigenvalue weighted by molar-refractivity contribution is -0.138. The van der Waals surface area contributed by atoms with Gasteiger partial charge in [-0.1, -0.05) is 34.8 Å². The van der Waals surface area contributed by atoms with Crippen LogP contribution >= 0.6 is 34.8 Å². The van der Waals surface area contributed by atoms with E-state index in [4.69, 9.17) is 34.8 Å². The van der Waals surface area contributed by atoms with E-state index in [0.29, 0.717) is 0 Å². The van der Waals surface area contributed by atoms with E-state index >= 15 is 0 Å². The van der Waals surface area contributed by atoms with Crippen molar-refractivity contribution in [1.29, 1.82) is 0 Å². The van der Waals surface area contributed by atoms with Gasteiger partial charge in [-0.15, -0.1) is 0 Å². The number of nitrogens with one attached hydrogen (secondary N) is 1. The first kappa shape index (κ1) is 15.2. The highest BCUT2D eigenvalue weighted by Gasteiger charge is 2.37. The van der Waals surface area contributed by atoms with Crippen LogP contribution < -0.4 is 5.43 Å². The first-order chi connectivity index (χ1) is 9.21. The number of halogens is 6. The number of aromatic amines is 1. The van der Waals surface area contributed by atoms with Crippen molar-refractivity contribution in [3.63, 3.8) is 0 Å². The van der Waals surface area contributed by atoms with Crippen LogP contribution in [-0.2, 0) is 6.18 Å². The van der Waals surface area contributed by atoms with E-state index in [2.05, 4.69) is 4.98 Å². The van der Waals surface area contributed by atoms with Gasteiger partial charge in [0.25, 0.3) is 0 Å². The molecule has 0 aliphatic carbocycles. The van der Waals surface area contributed by atoms with Gasteiger partial charge in [0.2, 0.25) is 0 Å². The molecule has 0 radical (unpaired) electrons. The van der Waals surface area contributed by atoms with Gasteiger partial charge in [-0.25, -0.2) is 0 Å². The van der Waals surface area contributed by atoms with Crippen molar-refractivity contribution in [2.75, 3.05) is 0 Å². The van der Waals surface area contributed by atoms with Gasteiger partial charge in [-0.05, 0) is 12.1 Å². The van der Waals surface area contributed by atoms with Crippen LogP contribution in [-0.4, -0.2) is 4.98 Å². The molecular weight excluding hydrogens is 337 g/mol. The molecule has 2 aromatic rings. The fourth-order valence-corrected chi connectivity index (χ4v) is 2.28. The van der Waals surface area contributed by atoms with Crippen LogP contribution in [0.2, 0.25) is 15.1 Å². The second-order valence-electron chi connectivity index (χ2n) is 3.84. The van der Waals surface area contributed by atoms with E-state index in [1.165, 1.54) is 12.1 Å². The average molecular weight is 343 g/mol. The maximum absolute atomic E-state index is 13.0. The molecule has 106 valence electrons. The van der Waals surface area contributed by atoms with E-state index < -0.39 is 22.9 Å². The largest absolute Gasteiger partial charge is 0.422 e. The van der Waals surface area contributed by atoms with Gasteiger partial charge >= 0.3 is 6.18 Å². The third-order valence-electron chi connectivity index (χ3n) is 2.51. The fraction of sp³-hybridized carbons (Fsp3) is 0.0833. The SMILES string of the molecule is O=c1cc[nH]c(-c2cc(Cl)c(Cl)c(Cl)c2)c1C(F)(F)F. The Bertz CT molecular complexity index is 702. The summed E-state index contributed by atoms with van der Waals surface area (Å²) in [6, 6.07) is 3.21. The minimum atomic E-state index is -4.80. The number of aromatic nitrogens is 1. The fourth-order valence-electron chi connectivity index (χ4n) is 1.69. The predicted molar refractivity (Wildman–Crippen MR) is 72.5 cm³/mol. The molecule has 0 aliphatic heterocycles. The summed E-state index contributed by atoms with van der Waals surface area (Å²) >= 11 is 17.3. The maximum Gasteiger partial charge on any atom is 0.422 e. The summed E-state index contributed by atoms with van der Waals surface area (Å²) in [6.07, 6.45) is -3.69. The van der Waals surface area contributed by atoms with Crippen molar-refractivity contribution in [2.24, 2.45) is 0 Å². The molecule has 0 saturated heterocycles. The summed E-state index contributed by atoms with van der Waals surface area (Å²) in [5.74, 6) is 0. The Morgan fingerprint density at radius 3 is 2.10 bits per heavy atom. The lowest BCUT2D eigenvalue weighted by atomic mass is 10.1. The van der Waals surface area contributed by atoms with Crippen molar-refractivity contribution in [3.05, 3.63) is 55.3 Å². The Balaban J connectivity index is 2.78. The van der Waals surface area contributed by atoms with E-state index in [-0.39, 0.29) is 20.6 Å². The third-order valence-corrected chi connectivity index (χ3v) is 3.71. The van der Waals surface area contributed by atoms with Crippen molar-refractivity contribution < 1.29 is 13.2 Å². The van der Waals surface area contributed by atoms with Gasteiger partial charge in [0.15, 0.2) is 5.43 Å². The number of H-pyrrole nitrogens is 1. The number of rotatable bonds is 1. The van der Waals surface area contributed by atoms with Crippen molar-refractivity contribution in [3.8, 4) is 11.3 Å². The molecule has 2 nitrogen and oxygen atoms in total. The summed E-state index contributed by atoms with van der Waals surface area (Å²) in [6.45, 7) is 0. The number of alkyl halides is 3. The topological polar surface area (TPSA) is 32.9 Å². The lowest BCUT2D eigenvalue weighted by Crippen LogP contribution is -2.20. The zero-order valence-corrected chi connectivity index (χ0v) is 11.8.